The fourth-order valence-electron chi connectivity index (χ4n) is 0. The molecule has 0 aliphatic carbocycles. The van der Waals surface area contributed by atoms with Crippen LogP contribution in [0.25, 0.3) is 0 Å². The van der Waals surface area contributed by atoms with Gasteiger partial charge in [-0.1, -0.05) is 0 Å². The zero-order valence-electron chi connectivity index (χ0n) is 2.96. The summed E-state index contributed by atoms with van der Waals surface area (Å²) in [5.41, 5.74) is 4.46. The molecule has 0 saturated heterocycles. The van der Waals surface area contributed by atoms with Crippen molar-refractivity contribution in [3.05, 3.63) is 0 Å². The Balaban J connectivity index is 0. The quantitative estimate of drug-likeness (QED) is 0.244. The maximum absolute atomic E-state index is 6.04. The minimum atomic E-state index is -0.361. The molecular formula is CH4ClN2+. The number of nitrogens with two attached hydrogens (primary N) is 1. The molecule has 0 atom stereocenters. The SMILES string of the molecule is N=C(N)Cl.[H+]. The third kappa shape index (κ3) is 17.6. The summed E-state index contributed by atoms with van der Waals surface area (Å²) in [6.45, 7) is 0. The summed E-state index contributed by atoms with van der Waals surface area (Å²) in [7, 11) is 0. The summed E-state index contributed by atoms with van der Waals surface area (Å²) in [5.74, 6) is 0. The lowest BCUT2D eigenvalue weighted by Crippen LogP contribution is -1.96. The molecule has 0 fully saturated rings. The number of hydrogen-bond donors (Lipinski definition) is 2. The van der Waals surface area contributed by atoms with Crippen LogP contribution in [0.1, 0.15) is 1.43 Å². The van der Waals surface area contributed by atoms with E-state index in [1.165, 1.54) is 0 Å². The van der Waals surface area contributed by atoms with Gasteiger partial charge in [0.2, 0.25) is 0 Å². The summed E-state index contributed by atoms with van der Waals surface area (Å²) in [4.78, 5) is 0. The lowest BCUT2D eigenvalue weighted by atomic mass is 11.4. The summed E-state index contributed by atoms with van der Waals surface area (Å²) in [6.07, 6.45) is 0. The Morgan fingerprint density at radius 2 is 2.25 bits per heavy atom. The molecule has 0 rings (SSSR count). The smallest absolute Gasteiger partial charge is 0.374 e. The van der Waals surface area contributed by atoms with Crippen molar-refractivity contribution in [2.75, 3.05) is 0 Å². The van der Waals surface area contributed by atoms with Gasteiger partial charge in [-0.25, -0.2) is 0 Å². The highest BCUT2D eigenvalue weighted by Crippen LogP contribution is 1.57. The Morgan fingerprint density at radius 3 is 2.25 bits per heavy atom. The molecular weight excluding hydrogens is 75.5 g/mol. The van der Waals surface area contributed by atoms with Gasteiger partial charge >= 0.3 is 1.43 Å². The van der Waals surface area contributed by atoms with E-state index in [9.17, 15) is 0 Å². The van der Waals surface area contributed by atoms with Crippen molar-refractivity contribution < 1.29 is 1.43 Å². The van der Waals surface area contributed by atoms with Gasteiger partial charge in [-0.05, 0) is 11.6 Å². The molecule has 0 aromatic rings. The Bertz CT molecular complexity index is 32.6. The molecule has 2 nitrogen and oxygen atoms in total. The molecule has 0 saturated carbocycles. The number of halogens is 1. The molecule has 3 heteroatoms. The van der Waals surface area contributed by atoms with E-state index in [0.717, 1.165) is 0 Å². The van der Waals surface area contributed by atoms with Gasteiger partial charge in [-0.3, -0.25) is 5.41 Å². The molecule has 0 spiro atoms. The fraction of sp³-hybridized carbons (Fsp3) is 0. The van der Waals surface area contributed by atoms with Gasteiger partial charge in [0, 0.05) is 0 Å². The maximum Gasteiger partial charge on any atom is 1.00 e. The van der Waals surface area contributed by atoms with Crippen LogP contribution in [0.4, 0.5) is 0 Å². The lowest BCUT2D eigenvalue weighted by Gasteiger charge is -1.62. The third-order valence-corrected chi connectivity index (χ3v) is 0. The Kier molecular flexibility index (Phi) is 1.05. The van der Waals surface area contributed by atoms with Gasteiger partial charge in [-0.15, -0.1) is 0 Å². The van der Waals surface area contributed by atoms with Crippen LogP contribution in [0.5, 0.6) is 0 Å². The summed E-state index contributed by atoms with van der Waals surface area (Å²) in [6, 6.07) is 0. The van der Waals surface area contributed by atoms with Gasteiger partial charge in [-0.2, -0.15) is 0 Å². The normalized spacial score (nSPS) is 6.25. The van der Waals surface area contributed by atoms with Crippen molar-refractivity contribution in [2.24, 2.45) is 5.73 Å². The predicted octanol–water partition coefficient (Wildman–Crippen LogP) is 0.231. The molecule has 0 heterocycles. The second kappa shape index (κ2) is 1.12. The molecule has 0 bridgehead atoms. The highest BCUT2D eigenvalue weighted by Gasteiger charge is 1.58. The van der Waals surface area contributed by atoms with Crippen LogP contribution >= 0.6 is 11.6 Å². The monoisotopic (exact) mass is 79.0 g/mol. The van der Waals surface area contributed by atoms with Crippen LogP contribution in [-0.2, 0) is 0 Å². The average Bonchev–Trinajstić information content (AvgIpc) is 0.811. The highest BCUT2D eigenvalue weighted by molar-refractivity contribution is 6.63. The minimum absolute atomic E-state index is 0. The summed E-state index contributed by atoms with van der Waals surface area (Å²) >= 11 is 4.64. The first-order chi connectivity index (χ1) is 1.73. The van der Waals surface area contributed by atoms with Crippen LogP contribution in [-0.4, -0.2) is 5.29 Å². The van der Waals surface area contributed by atoms with E-state index in [0.29, 0.717) is 0 Å². The molecule has 3 N–H and O–H groups in total. The second-order valence-corrected chi connectivity index (χ2v) is 0.755. The summed E-state index contributed by atoms with van der Waals surface area (Å²) < 4.78 is 0. The molecule has 0 aromatic heterocycles. The van der Waals surface area contributed by atoms with Gasteiger partial charge in [0.05, 0.1) is 0 Å². The first kappa shape index (κ1) is 3.76. The molecule has 0 radical (unpaired) electrons. The molecule has 24 valence electrons. The van der Waals surface area contributed by atoms with Crippen LogP contribution < -0.4 is 5.73 Å². The van der Waals surface area contributed by atoms with E-state index < -0.39 is 0 Å². The van der Waals surface area contributed by atoms with Crippen molar-refractivity contribution in [1.82, 2.24) is 0 Å². The zero-order valence-corrected chi connectivity index (χ0v) is 2.71. The van der Waals surface area contributed by atoms with E-state index in [-0.39, 0.29) is 6.72 Å². The van der Waals surface area contributed by atoms with Crippen LogP contribution in [0.3, 0.4) is 0 Å². The Morgan fingerprint density at radius 1 is 2.25 bits per heavy atom. The van der Waals surface area contributed by atoms with E-state index in [1.807, 2.05) is 0 Å². The molecule has 0 amide bonds. The summed E-state index contributed by atoms with van der Waals surface area (Å²) in [5, 5.41) is 5.68. The number of amidine groups is 1. The standard InChI is InChI=1S/CH3ClN2/c2-1(3)4/h(H3,3,4)/p+1. The van der Waals surface area contributed by atoms with E-state index in [4.69, 9.17) is 5.41 Å². The number of nitrogens with one attached hydrogen (secondary N) is 1. The lowest BCUT2D eigenvalue weighted by molar-refractivity contribution is 1.50. The van der Waals surface area contributed by atoms with Crippen molar-refractivity contribution >= 4 is 16.9 Å². The van der Waals surface area contributed by atoms with Gasteiger partial charge in [0.25, 0.3) is 0 Å². The van der Waals surface area contributed by atoms with Gasteiger partial charge in [0.1, 0.15) is 0 Å². The number of hydrogen-bond acceptors (Lipinski definition) is 1. The predicted molar refractivity (Wildman–Crippen MR) is 18.9 cm³/mol. The van der Waals surface area contributed by atoms with Crippen LogP contribution in [0, 0.1) is 5.41 Å². The van der Waals surface area contributed by atoms with E-state index in [2.05, 4.69) is 17.3 Å². The van der Waals surface area contributed by atoms with Gasteiger partial charge < -0.3 is 5.73 Å². The van der Waals surface area contributed by atoms with Crippen molar-refractivity contribution in [3.8, 4) is 0 Å². The van der Waals surface area contributed by atoms with Gasteiger partial charge in [0.15, 0.2) is 5.29 Å². The average molecular weight is 79.5 g/mol. The largest absolute Gasteiger partial charge is 1.00 e. The highest BCUT2D eigenvalue weighted by atomic mass is 35.5. The number of rotatable bonds is 0. The van der Waals surface area contributed by atoms with Crippen molar-refractivity contribution in [3.63, 3.8) is 0 Å². The van der Waals surface area contributed by atoms with E-state index in [1.54, 1.807) is 0 Å². The minimum Gasteiger partial charge on any atom is -0.374 e. The zero-order chi connectivity index (χ0) is 3.58. The molecule has 0 aliphatic heterocycles. The third-order valence-electron chi connectivity index (χ3n) is 0. The molecule has 0 unspecified atom stereocenters. The van der Waals surface area contributed by atoms with Crippen molar-refractivity contribution in [2.45, 2.75) is 0 Å². The topological polar surface area (TPSA) is 49.9 Å². The fourth-order valence-corrected chi connectivity index (χ4v) is 0. The molecule has 0 aromatic carbocycles. The second-order valence-electron chi connectivity index (χ2n) is 0.348. The van der Waals surface area contributed by atoms with Crippen LogP contribution in [0.2, 0.25) is 0 Å². The Labute approximate surface area is 30.6 Å². The maximum atomic E-state index is 6.04. The first-order valence-corrected chi connectivity index (χ1v) is 1.11. The first-order valence-electron chi connectivity index (χ1n) is 0.728. The van der Waals surface area contributed by atoms with Crippen LogP contribution in [0.15, 0.2) is 0 Å². The molecule has 0 aliphatic rings. The molecule has 4 heavy (non-hydrogen) atoms. The van der Waals surface area contributed by atoms with Crippen molar-refractivity contribution in [1.29, 1.82) is 5.41 Å². The Hall–Kier alpha value is -0.240. The van der Waals surface area contributed by atoms with E-state index >= 15 is 0 Å².